The molecule has 3 fully saturated rings. The highest BCUT2D eigenvalue weighted by molar-refractivity contribution is 7.90. The smallest absolute Gasteiger partial charge is 0.241 e. The molecular weight excluding hydrogens is 350 g/mol. The Balaban J connectivity index is 1.88. The van der Waals surface area contributed by atoms with Crippen molar-refractivity contribution in [2.24, 2.45) is 22.7 Å². The lowest BCUT2D eigenvalue weighted by Gasteiger charge is -2.37. The van der Waals surface area contributed by atoms with E-state index < -0.39 is 15.9 Å². The highest BCUT2D eigenvalue weighted by atomic mass is 32.2. The zero-order valence-corrected chi connectivity index (χ0v) is 17.3. The summed E-state index contributed by atoms with van der Waals surface area (Å²) in [5.74, 6) is -0.115. The van der Waals surface area contributed by atoms with Gasteiger partial charge in [-0.05, 0) is 50.4 Å². The van der Waals surface area contributed by atoms with Crippen molar-refractivity contribution in [1.29, 1.82) is 0 Å². The first-order valence-corrected chi connectivity index (χ1v) is 11.5. The standard InChI is InChI=1S/C20H33NO4S/c1-6-8-9-16(25-7-2)14(3)18(22)21-17-12-15-10-11-20(17,19(15,4)5)13-26(21,23)24/h6,14-17H,1,7-13H2,2-5H3. The van der Waals surface area contributed by atoms with Crippen LogP contribution in [0.25, 0.3) is 0 Å². The number of allylic oxidation sites excluding steroid dienone is 1. The number of ether oxygens (including phenoxy) is 1. The number of fused-ring (bicyclic) bond motifs is 1. The molecule has 0 aromatic carbocycles. The van der Waals surface area contributed by atoms with Crippen LogP contribution < -0.4 is 0 Å². The molecule has 0 aromatic heterocycles. The van der Waals surface area contributed by atoms with Gasteiger partial charge in [-0.2, -0.15) is 0 Å². The Morgan fingerprint density at radius 2 is 2.12 bits per heavy atom. The number of hydrogen-bond donors (Lipinski definition) is 0. The number of sulfonamides is 1. The molecule has 0 aromatic rings. The number of nitrogens with zero attached hydrogens (tertiary/aromatic N) is 1. The molecule has 1 aliphatic heterocycles. The molecule has 2 aliphatic carbocycles. The summed E-state index contributed by atoms with van der Waals surface area (Å²) >= 11 is 0. The van der Waals surface area contributed by atoms with Crippen LogP contribution >= 0.6 is 0 Å². The molecule has 1 saturated heterocycles. The Hall–Kier alpha value is -0.880. The summed E-state index contributed by atoms with van der Waals surface area (Å²) in [5.41, 5.74) is -0.292. The van der Waals surface area contributed by atoms with Crippen LogP contribution in [0.3, 0.4) is 0 Å². The first kappa shape index (κ1) is 19.9. The minimum absolute atomic E-state index is 0.0227. The van der Waals surface area contributed by atoms with Crippen LogP contribution in [-0.4, -0.2) is 43.1 Å². The van der Waals surface area contributed by atoms with Crippen molar-refractivity contribution in [2.45, 2.75) is 71.9 Å². The molecule has 2 bridgehead atoms. The first-order valence-electron chi connectivity index (χ1n) is 9.91. The van der Waals surface area contributed by atoms with Crippen LogP contribution in [0.4, 0.5) is 0 Å². The molecule has 5 nitrogen and oxygen atoms in total. The Kier molecular flexibility index (Phi) is 5.06. The third kappa shape index (κ3) is 2.67. The van der Waals surface area contributed by atoms with Gasteiger partial charge in [0, 0.05) is 12.0 Å². The van der Waals surface area contributed by atoms with Gasteiger partial charge in [-0.15, -0.1) is 6.58 Å². The van der Waals surface area contributed by atoms with Crippen molar-refractivity contribution in [3.8, 4) is 0 Å². The van der Waals surface area contributed by atoms with Crippen molar-refractivity contribution < 1.29 is 17.9 Å². The second-order valence-corrected chi connectivity index (χ2v) is 10.7. The molecule has 1 heterocycles. The molecule has 0 N–H and O–H groups in total. The van der Waals surface area contributed by atoms with Gasteiger partial charge in [-0.3, -0.25) is 4.79 Å². The number of amides is 1. The second-order valence-electron chi connectivity index (χ2n) is 8.90. The summed E-state index contributed by atoms with van der Waals surface area (Å²) in [6.07, 6.45) is 5.78. The largest absolute Gasteiger partial charge is 0.378 e. The van der Waals surface area contributed by atoms with Gasteiger partial charge in [-0.25, -0.2) is 12.7 Å². The molecule has 148 valence electrons. The van der Waals surface area contributed by atoms with E-state index in [2.05, 4.69) is 20.4 Å². The topological polar surface area (TPSA) is 63.7 Å². The van der Waals surface area contributed by atoms with Crippen LogP contribution in [-0.2, 0) is 19.6 Å². The van der Waals surface area contributed by atoms with Crippen LogP contribution in [0, 0.1) is 22.7 Å². The Morgan fingerprint density at radius 1 is 1.42 bits per heavy atom. The summed E-state index contributed by atoms with van der Waals surface area (Å²) in [5, 5.41) is 0. The quantitative estimate of drug-likeness (QED) is 0.633. The second kappa shape index (κ2) is 6.62. The Bertz CT molecular complexity index is 686. The fourth-order valence-corrected chi connectivity index (χ4v) is 8.53. The predicted molar refractivity (Wildman–Crippen MR) is 102 cm³/mol. The average Bonchev–Trinajstić information content (AvgIpc) is 3.04. The molecule has 6 heteroatoms. The molecule has 3 aliphatic rings. The minimum atomic E-state index is -3.57. The number of hydrogen-bond acceptors (Lipinski definition) is 4. The van der Waals surface area contributed by atoms with Crippen LogP contribution in [0.2, 0.25) is 0 Å². The van der Waals surface area contributed by atoms with E-state index in [9.17, 15) is 13.2 Å². The summed E-state index contributed by atoms with van der Waals surface area (Å²) in [7, 11) is -3.57. The maximum Gasteiger partial charge on any atom is 0.241 e. The molecule has 2 saturated carbocycles. The summed E-state index contributed by atoms with van der Waals surface area (Å²) < 4.78 is 33.1. The van der Waals surface area contributed by atoms with Crippen LogP contribution in [0.15, 0.2) is 12.7 Å². The Labute approximate surface area is 158 Å². The molecule has 5 atom stereocenters. The third-order valence-electron chi connectivity index (χ3n) is 7.61. The van der Waals surface area contributed by atoms with Crippen LogP contribution in [0.5, 0.6) is 0 Å². The summed E-state index contributed by atoms with van der Waals surface area (Å²) in [6.45, 7) is 12.4. The normalized spacial score (nSPS) is 35.9. The molecule has 3 rings (SSSR count). The molecule has 5 unspecified atom stereocenters. The van der Waals surface area contributed by atoms with E-state index in [-0.39, 0.29) is 34.6 Å². The zero-order valence-electron chi connectivity index (χ0n) is 16.5. The third-order valence-corrected chi connectivity index (χ3v) is 9.53. The molecule has 1 spiro atoms. The van der Waals surface area contributed by atoms with E-state index in [0.717, 1.165) is 25.7 Å². The monoisotopic (exact) mass is 383 g/mol. The number of carbonyl (C=O) groups excluding carboxylic acids is 1. The maximum absolute atomic E-state index is 13.3. The predicted octanol–water partition coefficient (Wildman–Crippen LogP) is 3.36. The molecule has 1 amide bonds. The van der Waals surface area contributed by atoms with Crippen LogP contribution in [0.1, 0.15) is 59.8 Å². The SMILES string of the molecule is C=CCCC(OCC)C(C)C(=O)N1C2CC3CCC2(CS1(=O)=O)C3(C)C. The van der Waals surface area contributed by atoms with E-state index in [0.29, 0.717) is 18.9 Å². The van der Waals surface area contributed by atoms with E-state index in [1.165, 1.54) is 4.31 Å². The maximum atomic E-state index is 13.3. The lowest BCUT2D eigenvalue weighted by atomic mass is 9.69. The van der Waals surface area contributed by atoms with Gasteiger partial charge in [0.15, 0.2) is 0 Å². The van der Waals surface area contributed by atoms with E-state index in [4.69, 9.17) is 4.74 Å². The molecule has 26 heavy (non-hydrogen) atoms. The van der Waals surface area contributed by atoms with E-state index >= 15 is 0 Å². The van der Waals surface area contributed by atoms with Crippen molar-refractivity contribution in [1.82, 2.24) is 4.31 Å². The van der Waals surface area contributed by atoms with Crippen molar-refractivity contribution >= 4 is 15.9 Å². The zero-order chi connectivity index (χ0) is 19.3. The first-order chi connectivity index (χ1) is 12.1. The summed E-state index contributed by atoms with van der Waals surface area (Å²) in [4.78, 5) is 13.3. The van der Waals surface area contributed by atoms with Crippen molar-refractivity contribution in [3.05, 3.63) is 12.7 Å². The minimum Gasteiger partial charge on any atom is -0.378 e. The molecular formula is C20H33NO4S. The fraction of sp³-hybridized carbons (Fsp3) is 0.850. The average molecular weight is 384 g/mol. The van der Waals surface area contributed by atoms with Gasteiger partial charge in [0.2, 0.25) is 15.9 Å². The number of carbonyl (C=O) groups is 1. The Morgan fingerprint density at radius 3 is 2.69 bits per heavy atom. The van der Waals surface area contributed by atoms with E-state index in [1.807, 2.05) is 19.9 Å². The lowest BCUT2D eigenvalue weighted by Crippen LogP contribution is -2.48. The van der Waals surface area contributed by atoms with E-state index in [1.54, 1.807) is 0 Å². The van der Waals surface area contributed by atoms with Gasteiger partial charge in [-0.1, -0.05) is 26.8 Å². The van der Waals surface area contributed by atoms with Crippen molar-refractivity contribution in [2.75, 3.05) is 12.4 Å². The summed E-state index contributed by atoms with van der Waals surface area (Å²) in [6, 6.07) is -0.169. The van der Waals surface area contributed by atoms with Crippen molar-refractivity contribution in [3.63, 3.8) is 0 Å². The fourth-order valence-electron chi connectivity index (χ4n) is 5.91. The molecule has 0 radical (unpaired) electrons. The number of rotatable bonds is 7. The lowest BCUT2D eigenvalue weighted by molar-refractivity contribution is -0.138. The van der Waals surface area contributed by atoms with Gasteiger partial charge >= 0.3 is 0 Å². The van der Waals surface area contributed by atoms with Gasteiger partial charge in [0.1, 0.15) is 0 Å². The van der Waals surface area contributed by atoms with Gasteiger partial charge in [0.05, 0.1) is 23.8 Å². The highest BCUT2D eigenvalue weighted by Crippen LogP contribution is 2.70. The van der Waals surface area contributed by atoms with Gasteiger partial charge < -0.3 is 4.74 Å². The van der Waals surface area contributed by atoms with Gasteiger partial charge in [0.25, 0.3) is 0 Å². The highest BCUT2D eigenvalue weighted by Gasteiger charge is 2.72.